The number of aryl methyl sites for hydroxylation is 1. The first-order chi connectivity index (χ1) is 13.8. The monoisotopic (exact) mass is 373 g/mol. The Labute approximate surface area is 164 Å². The van der Waals surface area contributed by atoms with Gasteiger partial charge in [0.2, 0.25) is 0 Å². The number of benzene rings is 2. The summed E-state index contributed by atoms with van der Waals surface area (Å²) >= 11 is 0. The van der Waals surface area contributed by atoms with Crippen molar-refractivity contribution in [2.24, 2.45) is 0 Å². The predicted molar refractivity (Wildman–Crippen MR) is 110 cm³/mol. The van der Waals surface area contributed by atoms with Crippen LogP contribution in [-0.4, -0.2) is 29.0 Å². The molecule has 0 radical (unpaired) electrons. The average molecular weight is 373 g/mol. The van der Waals surface area contributed by atoms with Gasteiger partial charge in [0.1, 0.15) is 6.61 Å². The highest BCUT2D eigenvalue weighted by molar-refractivity contribution is 5.79. The lowest BCUT2D eigenvalue weighted by atomic mass is 9.98. The second-order valence-corrected chi connectivity index (χ2v) is 6.74. The summed E-state index contributed by atoms with van der Waals surface area (Å²) in [6.45, 7) is 3.62. The Morgan fingerprint density at radius 2 is 1.82 bits per heavy atom. The van der Waals surface area contributed by atoms with Gasteiger partial charge in [-0.2, -0.15) is 5.10 Å². The molecule has 0 bridgehead atoms. The minimum absolute atomic E-state index is 0.0774. The van der Waals surface area contributed by atoms with E-state index < -0.39 is 6.09 Å². The molecule has 0 unspecified atom stereocenters. The molecule has 1 heterocycles. The first-order valence-corrected chi connectivity index (χ1v) is 9.54. The van der Waals surface area contributed by atoms with Gasteiger partial charge in [-0.3, -0.25) is 4.68 Å². The van der Waals surface area contributed by atoms with E-state index in [4.69, 9.17) is 4.74 Å². The summed E-state index contributed by atoms with van der Waals surface area (Å²) in [5, 5.41) is 6.98. The highest BCUT2D eigenvalue weighted by atomic mass is 16.5. The van der Waals surface area contributed by atoms with Crippen molar-refractivity contribution in [3.8, 4) is 11.1 Å². The van der Waals surface area contributed by atoms with Gasteiger partial charge in [0.25, 0.3) is 0 Å². The lowest BCUT2D eigenvalue weighted by Gasteiger charge is -2.14. The number of hydrogen-bond acceptors (Lipinski definition) is 3. The van der Waals surface area contributed by atoms with E-state index in [-0.39, 0.29) is 5.92 Å². The summed E-state index contributed by atoms with van der Waals surface area (Å²) < 4.78 is 7.37. The summed E-state index contributed by atoms with van der Waals surface area (Å²) in [6.07, 6.45) is 7.18. The van der Waals surface area contributed by atoms with Gasteiger partial charge in [0.05, 0.1) is 6.20 Å². The van der Waals surface area contributed by atoms with E-state index >= 15 is 0 Å². The lowest BCUT2D eigenvalue weighted by molar-refractivity contribution is 0.144. The zero-order valence-electron chi connectivity index (χ0n) is 15.8. The molecule has 0 atom stereocenters. The largest absolute Gasteiger partial charge is 0.449 e. The van der Waals surface area contributed by atoms with Gasteiger partial charge in [-0.25, -0.2) is 4.79 Å². The Balaban J connectivity index is 1.32. The maximum atomic E-state index is 12.1. The molecule has 5 nitrogen and oxygen atoms in total. The predicted octanol–water partition coefficient (Wildman–Crippen LogP) is 4.45. The number of nitrogens with zero attached hydrogens (tertiary/aromatic N) is 2. The number of hydrogen-bond donors (Lipinski definition) is 1. The van der Waals surface area contributed by atoms with E-state index in [2.05, 4.69) is 34.7 Å². The van der Waals surface area contributed by atoms with Crippen molar-refractivity contribution in [1.29, 1.82) is 0 Å². The van der Waals surface area contributed by atoms with Crippen LogP contribution < -0.4 is 5.32 Å². The number of amides is 1. The molecule has 1 aliphatic carbocycles. The summed E-state index contributed by atoms with van der Waals surface area (Å²) in [6, 6.07) is 16.6. The average Bonchev–Trinajstić information content (AvgIpc) is 3.32. The summed E-state index contributed by atoms with van der Waals surface area (Å²) in [7, 11) is 0. The number of aromatic nitrogens is 2. The smallest absolute Gasteiger partial charge is 0.407 e. The van der Waals surface area contributed by atoms with Crippen LogP contribution in [0.3, 0.4) is 0 Å². The van der Waals surface area contributed by atoms with Gasteiger partial charge in [0, 0.05) is 30.8 Å². The Kier molecular flexibility index (Phi) is 5.24. The van der Waals surface area contributed by atoms with Crippen molar-refractivity contribution in [1.82, 2.24) is 15.1 Å². The molecule has 1 amide bonds. The number of ether oxygens (including phenoxy) is 1. The third kappa shape index (κ3) is 3.69. The molecular weight excluding hydrogens is 350 g/mol. The van der Waals surface area contributed by atoms with E-state index in [0.717, 1.165) is 12.1 Å². The molecule has 142 valence electrons. The molecule has 1 N–H and O–H groups in total. The van der Waals surface area contributed by atoms with Crippen molar-refractivity contribution in [3.63, 3.8) is 0 Å². The maximum absolute atomic E-state index is 12.1. The van der Waals surface area contributed by atoms with E-state index in [0.29, 0.717) is 13.2 Å². The number of carbonyl (C=O) groups excluding carboxylic acids is 1. The molecule has 0 saturated heterocycles. The third-order valence-electron chi connectivity index (χ3n) is 5.00. The van der Waals surface area contributed by atoms with Crippen molar-refractivity contribution >= 4 is 12.2 Å². The van der Waals surface area contributed by atoms with Crippen LogP contribution in [-0.2, 0) is 11.3 Å². The lowest BCUT2D eigenvalue weighted by Crippen LogP contribution is -2.26. The Bertz CT molecular complexity index is 961. The molecular formula is C23H23N3O2. The second-order valence-electron chi connectivity index (χ2n) is 6.74. The Morgan fingerprint density at radius 3 is 2.46 bits per heavy atom. The van der Waals surface area contributed by atoms with Gasteiger partial charge in [0.15, 0.2) is 0 Å². The van der Waals surface area contributed by atoms with Crippen molar-refractivity contribution in [2.75, 3.05) is 13.2 Å². The van der Waals surface area contributed by atoms with Crippen molar-refractivity contribution < 1.29 is 9.53 Å². The summed E-state index contributed by atoms with van der Waals surface area (Å²) in [5.41, 5.74) is 5.88. The van der Waals surface area contributed by atoms with Crippen LogP contribution in [0.5, 0.6) is 0 Å². The van der Waals surface area contributed by atoms with Gasteiger partial charge >= 0.3 is 6.09 Å². The Hall–Kier alpha value is -3.34. The molecule has 0 spiro atoms. The van der Waals surface area contributed by atoms with Crippen molar-refractivity contribution in [3.05, 3.63) is 83.7 Å². The van der Waals surface area contributed by atoms with Gasteiger partial charge in [-0.1, -0.05) is 60.7 Å². The van der Waals surface area contributed by atoms with Crippen LogP contribution in [0.15, 0.2) is 67.0 Å². The number of carbonyl (C=O) groups is 1. The molecule has 2 aromatic carbocycles. The van der Waals surface area contributed by atoms with Crippen LogP contribution in [0.2, 0.25) is 0 Å². The number of alkyl carbamates (subject to hydrolysis) is 1. The fourth-order valence-corrected chi connectivity index (χ4v) is 3.63. The van der Waals surface area contributed by atoms with Gasteiger partial charge in [-0.05, 0) is 29.2 Å². The highest BCUT2D eigenvalue weighted by Crippen LogP contribution is 2.44. The first kappa shape index (κ1) is 18.0. The normalized spacial score (nSPS) is 12.8. The quantitative estimate of drug-likeness (QED) is 0.694. The molecule has 28 heavy (non-hydrogen) atoms. The molecule has 1 aromatic heterocycles. The molecule has 0 saturated carbocycles. The van der Waals surface area contributed by atoms with Crippen LogP contribution in [0.4, 0.5) is 4.79 Å². The molecule has 5 heteroatoms. The number of nitrogens with one attached hydrogen (secondary N) is 1. The summed E-state index contributed by atoms with van der Waals surface area (Å²) in [4.78, 5) is 12.1. The van der Waals surface area contributed by atoms with Crippen LogP contribution >= 0.6 is 0 Å². The molecule has 0 aliphatic heterocycles. The van der Waals surface area contributed by atoms with Gasteiger partial charge < -0.3 is 10.1 Å². The minimum atomic E-state index is -0.407. The van der Waals surface area contributed by atoms with Crippen LogP contribution in [0, 0.1) is 0 Å². The zero-order valence-corrected chi connectivity index (χ0v) is 15.8. The SMILES string of the molecule is CCn1cc(C=CCNC(=O)OCC2c3ccccc3-c3ccccc32)cn1. The molecule has 4 rings (SSSR count). The molecule has 1 aliphatic rings. The minimum Gasteiger partial charge on any atom is -0.449 e. The highest BCUT2D eigenvalue weighted by Gasteiger charge is 2.28. The van der Waals surface area contributed by atoms with Gasteiger partial charge in [-0.15, -0.1) is 0 Å². The Morgan fingerprint density at radius 1 is 1.14 bits per heavy atom. The van der Waals surface area contributed by atoms with E-state index in [1.165, 1.54) is 22.3 Å². The standard InChI is InChI=1S/C23H23N3O2/c1-2-26-15-17(14-25-26)8-7-13-24-23(27)28-16-22-20-11-5-3-9-18(20)19-10-4-6-12-21(19)22/h3-12,14-15,22H,2,13,16H2,1H3,(H,24,27). The topological polar surface area (TPSA) is 56.2 Å². The van der Waals surface area contributed by atoms with E-state index in [1.54, 1.807) is 6.20 Å². The summed E-state index contributed by atoms with van der Waals surface area (Å²) in [5.74, 6) is 0.0774. The first-order valence-electron chi connectivity index (χ1n) is 9.54. The van der Waals surface area contributed by atoms with Crippen molar-refractivity contribution in [2.45, 2.75) is 19.4 Å². The maximum Gasteiger partial charge on any atom is 0.407 e. The molecule has 3 aromatic rings. The van der Waals surface area contributed by atoms with Crippen LogP contribution in [0.25, 0.3) is 17.2 Å². The number of fused-ring (bicyclic) bond motifs is 3. The second kappa shape index (κ2) is 8.13. The zero-order chi connectivity index (χ0) is 19.3. The van der Waals surface area contributed by atoms with E-state index in [9.17, 15) is 4.79 Å². The van der Waals surface area contributed by atoms with E-state index in [1.807, 2.05) is 54.2 Å². The molecule has 0 fully saturated rings. The number of rotatable bonds is 6. The fraction of sp³-hybridized carbons (Fsp3) is 0.217. The van der Waals surface area contributed by atoms with Crippen LogP contribution in [0.1, 0.15) is 29.5 Å². The fourth-order valence-electron chi connectivity index (χ4n) is 3.63. The third-order valence-corrected chi connectivity index (χ3v) is 5.00.